The van der Waals surface area contributed by atoms with Crippen molar-refractivity contribution in [3.63, 3.8) is 0 Å². The lowest BCUT2D eigenvalue weighted by molar-refractivity contribution is 0.242. The molecule has 78 valence electrons. The van der Waals surface area contributed by atoms with Gasteiger partial charge in [-0.25, -0.2) is 0 Å². The minimum absolute atomic E-state index is 0.894. The van der Waals surface area contributed by atoms with Gasteiger partial charge in [-0.05, 0) is 50.6 Å². The third kappa shape index (κ3) is 4.12. The summed E-state index contributed by atoms with van der Waals surface area (Å²) in [5.74, 6) is 2.90. The monoisotopic (exact) mass is 183 g/mol. The smallest absolute Gasteiger partial charge is 0.00235 e. The number of nitrogens with one attached hydrogen (secondary N) is 1. The van der Waals surface area contributed by atoms with Crippen molar-refractivity contribution in [1.29, 1.82) is 0 Å². The van der Waals surface area contributed by atoms with E-state index in [4.69, 9.17) is 0 Å². The predicted molar refractivity (Wildman–Crippen MR) is 58.8 cm³/mol. The highest BCUT2D eigenvalue weighted by atomic mass is 14.8. The molecule has 0 amide bonds. The van der Waals surface area contributed by atoms with E-state index in [9.17, 15) is 0 Å². The van der Waals surface area contributed by atoms with Crippen molar-refractivity contribution in [2.24, 2.45) is 17.8 Å². The normalized spacial score (nSPS) is 29.5. The molecule has 0 aliphatic heterocycles. The lowest BCUT2D eigenvalue weighted by Crippen LogP contribution is -2.24. The Hall–Kier alpha value is -0.0400. The average Bonchev–Trinajstić information content (AvgIpc) is 2.08. The van der Waals surface area contributed by atoms with Crippen LogP contribution >= 0.6 is 0 Å². The molecule has 0 atom stereocenters. The Bertz CT molecular complexity index is 123. The van der Waals surface area contributed by atoms with Gasteiger partial charge in [-0.2, -0.15) is 0 Å². The Kier molecular flexibility index (Phi) is 4.79. The summed E-state index contributed by atoms with van der Waals surface area (Å²) in [6.45, 7) is 5.92. The van der Waals surface area contributed by atoms with Crippen LogP contribution in [0.1, 0.15) is 46.0 Å². The summed E-state index contributed by atoms with van der Waals surface area (Å²) in [6.07, 6.45) is 7.32. The van der Waals surface area contributed by atoms with Gasteiger partial charge in [-0.15, -0.1) is 0 Å². The van der Waals surface area contributed by atoms with Gasteiger partial charge in [0, 0.05) is 0 Å². The summed E-state index contributed by atoms with van der Waals surface area (Å²) in [5.41, 5.74) is 0. The zero-order chi connectivity index (χ0) is 9.68. The number of rotatable bonds is 4. The fourth-order valence-electron chi connectivity index (χ4n) is 2.63. The largest absolute Gasteiger partial charge is 0.319 e. The Morgan fingerprint density at radius 1 is 1.08 bits per heavy atom. The molecule has 0 aromatic rings. The molecule has 1 fully saturated rings. The summed E-state index contributed by atoms with van der Waals surface area (Å²) in [7, 11) is 2.07. The fraction of sp³-hybridized carbons (Fsp3) is 1.00. The Balaban J connectivity index is 2.15. The molecule has 0 saturated heterocycles. The Labute approximate surface area is 83.3 Å². The van der Waals surface area contributed by atoms with Gasteiger partial charge in [0.25, 0.3) is 0 Å². The van der Waals surface area contributed by atoms with Crippen LogP contribution < -0.4 is 5.32 Å². The zero-order valence-electron chi connectivity index (χ0n) is 9.47. The molecule has 1 aliphatic carbocycles. The molecule has 0 aromatic carbocycles. The van der Waals surface area contributed by atoms with Crippen molar-refractivity contribution in [3.05, 3.63) is 0 Å². The first-order chi connectivity index (χ1) is 6.22. The second kappa shape index (κ2) is 5.64. The van der Waals surface area contributed by atoms with Crippen molar-refractivity contribution in [2.75, 3.05) is 13.6 Å². The van der Waals surface area contributed by atoms with Crippen LogP contribution in [-0.4, -0.2) is 13.6 Å². The van der Waals surface area contributed by atoms with E-state index in [2.05, 4.69) is 26.2 Å². The highest BCUT2D eigenvalue weighted by molar-refractivity contribution is 4.74. The minimum atomic E-state index is 0.894. The van der Waals surface area contributed by atoms with E-state index in [1.165, 1.54) is 38.6 Å². The average molecular weight is 183 g/mol. The first-order valence-corrected chi connectivity index (χ1v) is 5.87. The third-order valence-electron chi connectivity index (χ3n) is 3.26. The van der Waals surface area contributed by atoms with Gasteiger partial charge >= 0.3 is 0 Å². The molecule has 1 heteroatoms. The second-order valence-electron chi connectivity index (χ2n) is 5.07. The number of hydrogen-bond acceptors (Lipinski definition) is 1. The Morgan fingerprint density at radius 3 is 2.08 bits per heavy atom. The maximum atomic E-state index is 3.29. The maximum Gasteiger partial charge on any atom is -0.00235 e. The molecular formula is C12H25N. The standard InChI is InChI=1S/C12H25N/c1-10(2)8-11-4-6-12(7-5-11)9-13-3/h10-13H,4-9H2,1-3H3/t11-,12-. The van der Waals surface area contributed by atoms with Crippen LogP contribution in [0.4, 0.5) is 0 Å². The molecule has 1 nitrogen and oxygen atoms in total. The van der Waals surface area contributed by atoms with Crippen molar-refractivity contribution >= 4 is 0 Å². The van der Waals surface area contributed by atoms with Crippen LogP contribution in [-0.2, 0) is 0 Å². The SMILES string of the molecule is CNC[C@H]1CC[C@H](CC(C)C)CC1. The van der Waals surface area contributed by atoms with E-state index in [0.717, 1.165) is 17.8 Å². The van der Waals surface area contributed by atoms with E-state index < -0.39 is 0 Å². The molecule has 0 bridgehead atoms. The first-order valence-electron chi connectivity index (χ1n) is 5.87. The van der Waals surface area contributed by atoms with Crippen LogP contribution in [0.2, 0.25) is 0 Å². The molecule has 1 rings (SSSR count). The van der Waals surface area contributed by atoms with E-state index in [-0.39, 0.29) is 0 Å². The molecule has 0 spiro atoms. The van der Waals surface area contributed by atoms with Crippen LogP contribution in [0.3, 0.4) is 0 Å². The third-order valence-corrected chi connectivity index (χ3v) is 3.26. The summed E-state index contributed by atoms with van der Waals surface area (Å²) >= 11 is 0. The van der Waals surface area contributed by atoms with Crippen LogP contribution in [0.25, 0.3) is 0 Å². The van der Waals surface area contributed by atoms with E-state index in [1.807, 2.05) is 0 Å². The van der Waals surface area contributed by atoms with Crippen LogP contribution in [0.15, 0.2) is 0 Å². The molecule has 0 aromatic heterocycles. The van der Waals surface area contributed by atoms with Gasteiger partial charge in [0.15, 0.2) is 0 Å². The number of hydrogen-bond donors (Lipinski definition) is 1. The molecule has 0 heterocycles. The molecule has 0 unspecified atom stereocenters. The van der Waals surface area contributed by atoms with Crippen molar-refractivity contribution < 1.29 is 0 Å². The second-order valence-corrected chi connectivity index (χ2v) is 5.07. The van der Waals surface area contributed by atoms with E-state index in [0.29, 0.717) is 0 Å². The maximum absolute atomic E-state index is 3.29. The summed E-state index contributed by atoms with van der Waals surface area (Å²) in [4.78, 5) is 0. The molecule has 13 heavy (non-hydrogen) atoms. The van der Waals surface area contributed by atoms with Gasteiger partial charge < -0.3 is 5.32 Å². The zero-order valence-corrected chi connectivity index (χ0v) is 9.47. The lowest BCUT2D eigenvalue weighted by atomic mass is 9.78. The molecule has 0 radical (unpaired) electrons. The van der Waals surface area contributed by atoms with Crippen LogP contribution in [0, 0.1) is 17.8 Å². The minimum Gasteiger partial charge on any atom is -0.319 e. The summed E-state index contributed by atoms with van der Waals surface area (Å²) in [6, 6.07) is 0. The van der Waals surface area contributed by atoms with Gasteiger partial charge in [0.05, 0.1) is 0 Å². The van der Waals surface area contributed by atoms with Crippen molar-refractivity contribution in [1.82, 2.24) is 5.32 Å². The predicted octanol–water partition coefficient (Wildman–Crippen LogP) is 3.06. The molecule has 1 N–H and O–H groups in total. The highest BCUT2D eigenvalue weighted by Gasteiger charge is 2.20. The van der Waals surface area contributed by atoms with Gasteiger partial charge in [-0.1, -0.05) is 26.7 Å². The highest BCUT2D eigenvalue weighted by Crippen LogP contribution is 2.32. The van der Waals surface area contributed by atoms with Crippen molar-refractivity contribution in [2.45, 2.75) is 46.0 Å². The quantitative estimate of drug-likeness (QED) is 0.706. The molecule has 1 saturated carbocycles. The van der Waals surface area contributed by atoms with Gasteiger partial charge in [-0.3, -0.25) is 0 Å². The summed E-state index contributed by atoms with van der Waals surface area (Å²) < 4.78 is 0. The topological polar surface area (TPSA) is 12.0 Å². The van der Waals surface area contributed by atoms with Crippen molar-refractivity contribution in [3.8, 4) is 0 Å². The first kappa shape index (κ1) is 11.0. The van der Waals surface area contributed by atoms with Gasteiger partial charge in [0.2, 0.25) is 0 Å². The van der Waals surface area contributed by atoms with Crippen LogP contribution in [0.5, 0.6) is 0 Å². The van der Waals surface area contributed by atoms with Gasteiger partial charge in [0.1, 0.15) is 0 Å². The molecular weight excluding hydrogens is 158 g/mol. The van der Waals surface area contributed by atoms with E-state index >= 15 is 0 Å². The fourth-order valence-corrected chi connectivity index (χ4v) is 2.63. The molecule has 1 aliphatic rings. The van der Waals surface area contributed by atoms with E-state index in [1.54, 1.807) is 0 Å². The summed E-state index contributed by atoms with van der Waals surface area (Å²) in [5, 5.41) is 3.29. The Morgan fingerprint density at radius 2 is 1.62 bits per heavy atom. The lowest BCUT2D eigenvalue weighted by Gasteiger charge is -2.29.